The molecule has 0 spiro atoms. The van der Waals surface area contributed by atoms with Crippen molar-refractivity contribution in [1.82, 2.24) is 15.1 Å². The highest BCUT2D eigenvalue weighted by Gasteiger charge is 2.16. The van der Waals surface area contributed by atoms with Gasteiger partial charge in [-0.15, -0.1) is 0 Å². The minimum absolute atomic E-state index is 0.110. The van der Waals surface area contributed by atoms with Crippen molar-refractivity contribution in [2.75, 3.05) is 20.3 Å². The number of aliphatic hydroxyl groups is 1. The fourth-order valence-corrected chi connectivity index (χ4v) is 2.26. The second-order valence-corrected chi connectivity index (χ2v) is 6.53. The zero-order valence-electron chi connectivity index (χ0n) is 14.5. The van der Waals surface area contributed by atoms with E-state index in [1.165, 1.54) is 0 Å². The van der Waals surface area contributed by atoms with E-state index in [0.717, 1.165) is 24.3 Å². The molecular weight excluding hydrogens is 306 g/mol. The fraction of sp³-hybridized carbons (Fsp3) is 0.444. The number of aliphatic hydroxyl groups excluding tert-OH is 1. The molecule has 1 heterocycles. The van der Waals surface area contributed by atoms with Crippen LogP contribution in [0.4, 0.5) is 0 Å². The van der Waals surface area contributed by atoms with Crippen LogP contribution in [0.15, 0.2) is 36.5 Å². The largest absolute Gasteiger partial charge is 0.497 e. The number of ether oxygens (including phenoxy) is 1. The Hall–Kier alpha value is -2.34. The van der Waals surface area contributed by atoms with E-state index in [1.807, 2.05) is 38.1 Å². The maximum atomic E-state index is 12.1. The zero-order chi connectivity index (χ0) is 17.6. The minimum atomic E-state index is -0.191. The van der Waals surface area contributed by atoms with Gasteiger partial charge in [0.2, 0.25) is 0 Å². The smallest absolute Gasteiger partial charge is 0.271 e. The number of hydrogen-bond acceptors (Lipinski definition) is 4. The Labute approximate surface area is 142 Å². The summed E-state index contributed by atoms with van der Waals surface area (Å²) in [6, 6.07) is 9.14. The molecule has 0 aliphatic rings. The standard InChI is InChI=1S/C18H25N3O3/c1-18(2,13-22)10-4-11-19-17(23)16-9-12-21(20-16)14-5-7-15(24-3)8-6-14/h5-9,12,22H,4,10-11,13H2,1-3H3,(H,19,23). The molecule has 130 valence electrons. The summed E-state index contributed by atoms with van der Waals surface area (Å²) in [6.07, 6.45) is 3.42. The van der Waals surface area contributed by atoms with Gasteiger partial charge in [0.1, 0.15) is 5.75 Å². The van der Waals surface area contributed by atoms with Crippen molar-refractivity contribution in [3.63, 3.8) is 0 Å². The Morgan fingerprint density at radius 2 is 2.00 bits per heavy atom. The molecule has 1 aromatic heterocycles. The number of aromatic nitrogens is 2. The van der Waals surface area contributed by atoms with E-state index in [-0.39, 0.29) is 17.9 Å². The van der Waals surface area contributed by atoms with E-state index in [9.17, 15) is 9.90 Å². The molecule has 0 saturated carbocycles. The van der Waals surface area contributed by atoms with Crippen molar-refractivity contribution in [2.24, 2.45) is 5.41 Å². The predicted molar refractivity (Wildman–Crippen MR) is 92.6 cm³/mol. The lowest BCUT2D eigenvalue weighted by atomic mass is 9.89. The summed E-state index contributed by atoms with van der Waals surface area (Å²) in [5.74, 6) is 0.582. The summed E-state index contributed by atoms with van der Waals surface area (Å²) in [5, 5.41) is 16.4. The first-order chi connectivity index (χ1) is 11.4. The van der Waals surface area contributed by atoms with Crippen LogP contribution < -0.4 is 10.1 Å². The first-order valence-corrected chi connectivity index (χ1v) is 8.04. The second-order valence-electron chi connectivity index (χ2n) is 6.53. The quantitative estimate of drug-likeness (QED) is 0.728. The van der Waals surface area contributed by atoms with Crippen LogP contribution >= 0.6 is 0 Å². The van der Waals surface area contributed by atoms with Gasteiger partial charge in [-0.2, -0.15) is 5.10 Å². The fourth-order valence-electron chi connectivity index (χ4n) is 2.26. The van der Waals surface area contributed by atoms with Crippen molar-refractivity contribution < 1.29 is 14.6 Å². The van der Waals surface area contributed by atoms with Gasteiger partial charge in [0, 0.05) is 19.3 Å². The molecular formula is C18H25N3O3. The van der Waals surface area contributed by atoms with Crippen molar-refractivity contribution in [3.8, 4) is 11.4 Å². The summed E-state index contributed by atoms with van der Waals surface area (Å²) in [7, 11) is 1.62. The molecule has 0 atom stereocenters. The van der Waals surface area contributed by atoms with Crippen molar-refractivity contribution in [2.45, 2.75) is 26.7 Å². The highest BCUT2D eigenvalue weighted by Crippen LogP contribution is 2.20. The highest BCUT2D eigenvalue weighted by atomic mass is 16.5. The topological polar surface area (TPSA) is 76.4 Å². The molecule has 1 aromatic carbocycles. The summed E-state index contributed by atoms with van der Waals surface area (Å²) in [5.41, 5.74) is 1.13. The second kappa shape index (κ2) is 7.97. The molecule has 0 aliphatic heterocycles. The van der Waals surface area contributed by atoms with Gasteiger partial charge in [-0.1, -0.05) is 13.8 Å². The average Bonchev–Trinajstić information content (AvgIpc) is 3.09. The van der Waals surface area contributed by atoms with E-state index < -0.39 is 0 Å². The van der Waals surface area contributed by atoms with Crippen LogP contribution in [0.1, 0.15) is 37.2 Å². The lowest BCUT2D eigenvalue weighted by molar-refractivity contribution is 0.0943. The van der Waals surface area contributed by atoms with Gasteiger partial charge in [0.15, 0.2) is 5.69 Å². The van der Waals surface area contributed by atoms with Gasteiger partial charge in [-0.25, -0.2) is 4.68 Å². The van der Waals surface area contributed by atoms with Gasteiger partial charge in [0.05, 0.1) is 12.8 Å². The Morgan fingerprint density at radius 1 is 1.29 bits per heavy atom. The number of methoxy groups -OCH3 is 1. The SMILES string of the molecule is COc1ccc(-n2ccc(C(=O)NCCCC(C)(C)CO)n2)cc1. The summed E-state index contributed by atoms with van der Waals surface area (Å²) >= 11 is 0. The van der Waals surface area contributed by atoms with Crippen molar-refractivity contribution in [3.05, 3.63) is 42.2 Å². The number of benzene rings is 1. The van der Waals surface area contributed by atoms with Crippen LogP contribution in [0.2, 0.25) is 0 Å². The number of amides is 1. The highest BCUT2D eigenvalue weighted by molar-refractivity contribution is 5.92. The molecule has 0 saturated heterocycles. The zero-order valence-corrected chi connectivity index (χ0v) is 14.5. The third kappa shape index (κ3) is 4.83. The summed E-state index contributed by atoms with van der Waals surface area (Å²) in [6.45, 7) is 4.72. The van der Waals surface area contributed by atoms with Crippen molar-refractivity contribution in [1.29, 1.82) is 0 Å². The Morgan fingerprint density at radius 3 is 2.62 bits per heavy atom. The van der Waals surface area contributed by atoms with Crippen LogP contribution in [0.3, 0.4) is 0 Å². The van der Waals surface area contributed by atoms with Gasteiger partial charge in [-0.3, -0.25) is 4.79 Å². The van der Waals surface area contributed by atoms with Crippen LogP contribution in [0, 0.1) is 5.41 Å². The van der Waals surface area contributed by atoms with Gasteiger partial charge >= 0.3 is 0 Å². The number of nitrogens with zero attached hydrogens (tertiary/aromatic N) is 2. The van der Waals surface area contributed by atoms with Gasteiger partial charge < -0.3 is 15.2 Å². The van der Waals surface area contributed by atoms with Crippen LogP contribution in [0.5, 0.6) is 5.75 Å². The normalized spacial score (nSPS) is 11.3. The Balaban J connectivity index is 1.88. The number of hydrogen-bond donors (Lipinski definition) is 2. The number of carbonyl (C=O) groups excluding carboxylic acids is 1. The molecule has 0 unspecified atom stereocenters. The molecule has 0 radical (unpaired) electrons. The van der Waals surface area contributed by atoms with Gasteiger partial charge in [0.25, 0.3) is 5.91 Å². The first-order valence-electron chi connectivity index (χ1n) is 8.04. The third-order valence-corrected chi connectivity index (χ3v) is 3.90. The molecule has 0 fully saturated rings. The van der Waals surface area contributed by atoms with E-state index in [0.29, 0.717) is 12.2 Å². The number of carbonyl (C=O) groups is 1. The maximum absolute atomic E-state index is 12.1. The van der Waals surface area contributed by atoms with E-state index in [1.54, 1.807) is 24.1 Å². The predicted octanol–water partition coefficient (Wildman–Crippen LogP) is 2.41. The lowest BCUT2D eigenvalue weighted by Crippen LogP contribution is -2.26. The van der Waals surface area contributed by atoms with Crippen LogP contribution in [-0.4, -0.2) is 41.1 Å². The van der Waals surface area contributed by atoms with E-state index >= 15 is 0 Å². The maximum Gasteiger partial charge on any atom is 0.271 e. The molecule has 6 heteroatoms. The first kappa shape index (κ1) is 18.0. The van der Waals surface area contributed by atoms with Gasteiger partial charge in [-0.05, 0) is 48.6 Å². The molecule has 24 heavy (non-hydrogen) atoms. The molecule has 0 aliphatic carbocycles. The summed E-state index contributed by atoms with van der Waals surface area (Å²) < 4.78 is 6.78. The minimum Gasteiger partial charge on any atom is -0.497 e. The molecule has 1 amide bonds. The van der Waals surface area contributed by atoms with E-state index in [4.69, 9.17) is 4.74 Å². The average molecular weight is 331 g/mol. The Kier molecular flexibility index (Phi) is 5.98. The molecule has 2 N–H and O–H groups in total. The Bertz CT molecular complexity index is 662. The molecule has 0 bridgehead atoms. The molecule has 2 rings (SSSR count). The third-order valence-electron chi connectivity index (χ3n) is 3.90. The summed E-state index contributed by atoms with van der Waals surface area (Å²) in [4.78, 5) is 12.1. The van der Waals surface area contributed by atoms with Crippen molar-refractivity contribution >= 4 is 5.91 Å². The molecule has 6 nitrogen and oxygen atoms in total. The number of nitrogens with one attached hydrogen (secondary N) is 1. The lowest BCUT2D eigenvalue weighted by Gasteiger charge is -2.21. The molecule has 2 aromatic rings. The van der Waals surface area contributed by atoms with Crippen LogP contribution in [0.25, 0.3) is 5.69 Å². The number of rotatable bonds is 8. The van der Waals surface area contributed by atoms with E-state index in [2.05, 4.69) is 10.4 Å². The monoisotopic (exact) mass is 331 g/mol. The van der Waals surface area contributed by atoms with Crippen LogP contribution in [-0.2, 0) is 0 Å².